The SMILES string of the molecule is Cc1ccc(C(=O)Nc2cc(CN(C)C)c(Cl)c(C(F)(F)F)c2)cc1N1C=C(c2cnn(CCc3ccc(C(=O)Nc4cc(CNC(C)C)c(Cl)c(C(F)(F)F)c4)cc3N(N)/C=C(\N)c3cnn(C)c3C)c2C)NN1. The van der Waals surface area contributed by atoms with E-state index in [4.69, 9.17) is 34.8 Å². The number of rotatable bonds is 17. The van der Waals surface area contributed by atoms with Crippen LogP contribution in [0.25, 0.3) is 11.4 Å². The fourth-order valence-corrected chi connectivity index (χ4v) is 8.77. The second-order valence-electron chi connectivity index (χ2n) is 18.5. The molecule has 2 amide bonds. The summed E-state index contributed by atoms with van der Waals surface area (Å²) in [7, 11) is 5.15. The normalized spacial score (nSPS) is 13.2. The van der Waals surface area contributed by atoms with Crippen LogP contribution >= 0.6 is 23.2 Å². The maximum atomic E-state index is 14.1. The van der Waals surface area contributed by atoms with Crippen molar-refractivity contribution < 1.29 is 35.9 Å². The fraction of sp³-hybridized carbons (Fsp3) is 0.294. The number of aromatic nitrogens is 4. The van der Waals surface area contributed by atoms with Crippen LogP contribution in [0.15, 0.2) is 85.5 Å². The molecule has 3 heterocycles. The van der Waals surface area contributed by atoms with Crippen molar-refractivity contribution in [3.63, 3.8) is 0 Å². The van der Waals surface area contributed by atoms with Crippen LogP contribution in [-0.4, -0.2) is 56.4 Å². The van der Waals surface area contributed by atoms with E-state index < -0.39 is 45.3 Å². The maximum absolute atomic E-state index is 14.1. The fourth-order valence-electron chi connectivity index (χ4n) is 8.21. The van der Waals surface area contributed by atoms with Gasteiger partial charge >= 0.3 is 12.4 Å². The van der Waals surface area contributed by atoms with Gasteiger partial charge in [0, 0.05) is 90.1 Å². The van der Waals surface area contributed by atoms with Gasteiger partial charge in [0.15, 0.2) is 0 Å². The lowest BCUT2D eigenvalue weighted by Gasteiger charge is -2.21. The Hall–Kier alpha value is -7.08. The molecule has 0 aliphatic carbocycles. The predicted octanol–water partition coefficient (Wildman–Crippen LogP) is 9.66. The molecular formula is C51H56Cl2F6N14O2. The first kappa shape index (κ1) is 55.7. The van der Waals surface area contributed by atoms with Crippen LogP contribution in [0.5, 0.6) is 0 Å². The van der Waals surface area contributed by atoms with Crippen molar-refractivity contribution in [2.24, 2.45) is 18.6 Å². The van der Waals surface area contributed by atoms with Crippen molar-refractivity contribution in [3.8, 4) is 0 Å². The first-order valence-electron chi connectivity index (χ1n) is 23.3. The quantitative estimate of drug-likeness (QED) is 0.0261. The van der Waals surface area contributed by atoms with Gasteiger partial charge < -0.3 is 32.0 Å². The number of anilines is 4. The Labute approximate surface area is 439 Å². The standard InChI is InChI=1S/C51H56Cl2F6N14O2/c1-27(2)62-21-34-15-36(19-40(46(34)52)50(54,55)56)65-49(75)33-12-11-31(45(18-33)71(61)25-42(60)38-22-63-70(8)29(38)4)13-14-72-30(5)39(23-64-72)43-26-73(68-67-43)44-17-32(10-9-28(44)3)48(74)66-37-16-35(24-69(6)7)47(53)41(20-37)51(57,58)59/h9-12,15-20,22-23,25-27,62,67-68H,13-14,21,24,60-61H2,1-8H3,(H,65,75)(H,66,74)/b42-25-. The second-order valence-corrected chi connectivity index (χ2v) is 19.3. The summed E-state index contributed by atoms with van der Waals surface area (Å²) in [4.78, 5) is 29.1. The Morgan fingerprint density at radius 2 is 1.41 bits per heavy atom. The number of hydrogen-bond acceptors (Lipinski definition) is 12. The third kappa shape index (κ3) is 12.9. The smallest absolute Gasteiger partial charge is 0.397 e. The molecule has 0 unspecified atom stereocenters. The highest BCUT2D eigenvalue weighted by Gasteiger charge is 2.36. The lowest BCUT2D eigenvalue weighted by Crippen LogP contribution is -2.36. The van der Waals surface area contributed by atoms with Crippen LogP contribution in [-0.2, 0) is 45.5 Å². The van der Waals surface area contributed by atoms with E-state index in [0.29, 0.717) is 41.2 Å². The van der Waals surface area contributed by atoms with Crippen LogP contribution in [0.3, 0.4) is 0 Å². The predicted molar refractivity (Wildman–Crippen MR) is 280 cm³/mol. The van der Waals surface area contributed by atoms with Gasteiger partial charge in [-0.05, 0) is 112 Å². The molecule has 75 heavy (non-hydrogen) atoms. The van der Waals surface area contributed by atoms with E-state index in [1.54, 1.807) is 89.3 Å². The molecule has 0 atom stereocenters. The number of nitrogens with two attached hydrogens (primary N) is 2. The van der Waals surface area contributed by atoms with E-state index in [2.05, 4.69) is 37.1 Å². The molecule has 0 fully saturated rings. The molecule has 0 saturated heterocycles. The van der Waals surface area contributed by atoms with E-state index in [9.17, 15) is 35.9 Å². The summed E-state index contributed by atoms with van der Waals surface area (Å²) in [5, 5.41) is 19.2. The molecule has 9 N–H and O–H groups in total. The zero-order chi connectivity index (χ0) is 54.8. The molecule has 0 radical (unpaired) electrons. The van der Waals surface area contributed by atoms with Crippen molar-refractivity contribution in [2.45, 2.75) is 79.1 Å². The summed E-state index contributed by atoms with van der Waals surface area (Å²) in [6, 6.07) is 14.0. The Bertz CT molecular complexity index is 3200. The third-order valence-corrected chi connectivity index (χ3v) is 13.2. The van der Waals surface area contributed by atoms with Gasteiger partial charge in [0.1, 0.15) is 0 Å². The number of aryl methyl sites for hydroxylation is 4. The summed E-state index contributed by atoms with van der Waals surface area (Å²) < 4.78 is 87.8. The van der Waals surface area contributed by atoms with Crippen LogP contribution in [0.2, 0.25) is 10.0 Å². The molecule has 16 nitrogen and oxygen atoms in total. The van der Waals surface area contributed by atoms with E-state index in [1.165, 1.54) is 29.4 Å². The lowest BCUT2D eigenvalue weighted by molar-refractivity contribution is -0.138. The molecular weight excluding hydrogens is 1030 g/mol. The first-order valence-corrected chi connectivity index (χ1v) is 24.0. The molecule has 0 bridgehead atoms. The van der Waals surface area contributed by atoms with Crippen LogP contribution in [0.1, 0.15) is 90.5 Å². The number of carbonyl (C=O) groups is 2. The van der Waals surface area contributed by atoms with E-state index in [0.717, 1.165) is 34.6 Å². The average Bonchev–Trinajstić information content (AvgIpc) is 4.06. The molecule has 1 aliphatic rings. The number of benzene rings is 4. The molecule has 398 valence electrons. The Kier molecular flexibility index (Phi) is 16.6. The Morgan fingerprint density at radius 3 is 2.00 bits per heavy atom. The Morgan fingerprint density at radius 1 is 0.813 bits per heavy atom. The summed E-state index contributed by atoms with van der Waals surface area (Å²) in [6.45, 7) is 9.70. The van der Waals surface area contributed by atoms with Gasteiger partial charge in [0.2, 0.25) is 0 Å². The summed E-state index contributed by atoms with van der Waals surface area (Å²) in [6.07, 6.45) is -2.68. The van der Waals surface area contributed by atoms with Gasteiger partial charge in [-0.3, -0.25) is 29.0 Å². The second kappa shape index (κ2) is 22.4. The Balaban J connectivity index is 1.12. The maximum Gasteiger partial charge on any atom is 0.417 e. The number of hydrazine groups is 3. The first-order chi connectivity index (χ1) is 35.2. The van der Waals surface area contributed by atoms with E-state index in [1.807, 2.05) is 34.6 Å². The number of alkyl halides is 6. The highest BCUT2D eigenvalue weighted by Crippen LogP contribution is 2.41. The van der Waals surface area contributed by atoms with Crippen LogP contribution in [0.4, 0.5) is 49.1 Å². The molecule has 0 saturated carbocycles. The minimum absolute atomic E-state index is 0.0277. The van der Waals surface area contributed by atoms with Gasteiger partial charge in [-0.1, -0.05) is 49.2 Å². The largest absolute Gasteiger partial charge is 0.417 e. The number of hydrogen-bond donors (Lipinski definition) is 7. The summed E-state index contributed by atoms with van der Waals surface area (Å²) >= 11 is 12.4. The molecule has 1 aliphatic heterocycles. The molecule has 2 aromatic heterocycles. The number of halogens is 8. The molecule has 7 rings (SSSR count). The van der Waals surface area contributed by atoms with Crippen molar-refractivity contribution in [2.75, 3.05) is 34.7 Å². The molecule has 0 spiro atoms. The highest BCUT2D eigenvalue weighted by molar-refractivity contribution is 6.32. The van der Waals surface area contributed by atoms with E-state index in [-0.39, 0.29) is 58.5 Å². The van der Waals surface area contributed by atoms with Gasteiger partial charge in [-0.25, -0.2) is 5.84 Å². The summed E-state index contributed by atoms with van der Waals surface area (Å²) in [5.41, 5.74) is 17.2. The van der Waals surface area contributed by atoms with Crippen molar-refractivity contribution in [1.29, 1.82) is 0 Å². The van der Waals surface area contributed by atoms with Gasteiger partial charge in [0.05, 0.1) is 56.3 Å². The van der Waals surface area contributed by atoms with Gasteiger partial charge in [0.25, 0.3) is 11.8 Å². The number of carbonyl (C=O) groups excluding carboxylic acids is 2. The van der Waals surface area contributed by atoms with Gasteiger partial charge in [-0.15, -0.1) is 5.53 Å². The highest BCUT2D eigenvalue weighted by atomic mass is 35.5. The van der Waals surface area contributed by atoms with Crippen LogP contribution in [0, 0.1) is 20.8 Å². The average molecular weight is 1080 g/mol. The zero-order valence-electron chi connectivity index (χ0n) is 42.1. The minimum Gasteiger partial charge on any atom is -0.397 e. The number of amides is 2. The van der Waals surface area contributed by atoms with Crippen molar-refractivity contribution >= 4 is 69.2 Å². The lowest BCUT2D eigenvalue weighted by atomic mass is 10.0. The summed E-state index contributed by atoms with van der Waals surface area (Å²) in [5.74, 6) is 5.35. The molecule has 4 aromatic carbocycles. The van der Waals surface area contributed by atoms with Crippen LogP contribution < -0.4 is 48.5 Å². The van der Waals surface area contributed by atoms with Crippen molar-refractivity contribution in [1.82, 2.24) is 40.7 Å². The van der Waals surface area contributed by atoms with E-state index >= 15 is 0 Å². The topological polar surface area (TPSA) is 192 Å². The number of nitrogens with zero attached hydrogens (tertiary/aromatic N) is 7. The molecule has 24 heteroatoms. The monoisotopic (exact) mass is 1080 g/mol. The third-order valence-electron chi connectivity index (χ3n) is 12.3. The molecule has 6 aromatic rings. The van der Waals surface area contributed by atoms with Crippen molar-refractivity contribution in [3.05, 3.63) is 163 Å². The zero-order valence-corrected chi connectivity index (χ0v) is 43.6. The number of nitrogens with one attached hydrogen (secondary N) is 5. The minimum atomic E-state index is -4.79. The van der Waals surface area contributed by atoms with Gasteiger partial charge in [-0.2, -0.15) is 36.5 Å².